The van der Waals surface area contributed by atoms with E-state index in [4.69, 9.17) is 11.6 Å². The molecule has 3 aromatic carbocycles. The predicted octanol–water partition coefficient (Wildman–Crippen LogP) is 10.4. The van der Waals surface area contributed by atoms with Gasteiger partial charge in [-0.25, -0.2) is 0 Å². The lowest BCUT2D eigenvalue weighted by Gasteiger charge is -2.33. The first-order valence-electron chi connectivity index (χ1n) is 26.8. The maximum atomic E-state index is 13.2. The molecule has 3 heterocycles. The van der Waals surface area contributed by atoms with E-state index in [2.05, 4.69) is 122 Å². The summed E-state index contributed by atoms with van der Waals surface area (Å²) in [5, 5.41) is 32.7. The normalized spacial score (nSPS) is 20.5. The number of halogens is 1. The molecule has 0 aromatic heterocycles. The summed E-state index contributed by atoms with van der Waals surface area (Å²) in [4.78, 5) is 56.2. The van der Waals surface area contributed by atoms with E-state index in [0.29, 0.717) is 51.3 Å². The smallest absolute Gasteiger partial charge is 0.317 e. The molecule has 7 rings (SSSR count). The SMILES string of the molecule is CCCCC[N+]1=C(/C=C/C2=C(Cl)C(=C/C=C3/N(CCCCCC(=O)Nc4ccc(CC5CN(CC(=O)O)CCN(CC(=O)O)CCN5CC(=O)O)cc4)c4ccccc4C3(C)C)/CCC2)C(C)(C)c2ccccc21. The van der Waals surface area contributed by atoms with Gasteiger partial charge in [0.15, 0.2) is 5.71 Å². The Kier molecular flexibility index (Phi) is 19.3. The van der Waals surface area contributed by atoms with Crippen LogP contribution < -0.4 is 10.2 Å². The highest BCUT2D eigenvalue weighted by Crippen LogP contribution is 2.48. The van der Waals surface area contributed by atoms with Gasteiger partial charge in [0.2, 0.25) is 11.6 Å². The highest BCUT2D eigenvalue weighted by atomic mass is 35.5. The van der Waals surface area contributed by atoms with Crippen LogP contribution in [-0.2, 0) is 36.4 Å². The first-order chi connectivity index (χ1) is 35.5. The maximum Gasteiger partial charge on any atom is 0.317 e. The fourth-order valence-electron chi connectivity index (χ4n) is 11.4. The fourth-order valence-corrected chi connectivity index (χ4v) is 11.7. The molecule has 4 aliphatic rings. The first-order valence-corrected chi connectivity index (χ1v) is 27.2. The Morgan fingerprint density at radius 1 is 0.730 bits per heavy atom. The summed E-state index contributed by atoms with van der Waals surface area (Å²) in [5.41, 5.74) is 11.4. The van der Waals surface area contributed by atoms with Crippen LogP contribution in [0.3, 0.4) is 0 Å². The van der Waals surface area contributed by atoms with Gasteiger partial charge in [-0.1, -0.05) is 106 Å². The number of carbonyl (C=O) groups is 4. The molecule has 1 atom stereocenters. The predicted molar refractivity (Wildman–Crippen MR) is 296 cm³/mol. The van der Waals surface area contributed by atoms with Crippen molar-refractivity contribution in [3.05, 3.63) is 136 Å². The molecule has 0 saturated carbocycles. The number of fused-ring (bicyclic) bond motifs is 2. The Balaban J connectivity index is 0.966. The van der Waals surface area contributed by atoms with Crippen molar-refractivity contribution in [2.24, 2.45) is 0 Å². The van der Waals surface area contributed by atoms with Crippen molar-refractivity contribution in [2.45, 2.75) is 122 Å². The number of hydrogen-bond donors (Lipinski definition) is 4. The summed E-state index contributed by atoms with van der Waals surface area (Å²) < 4.78 is 2.53. The summed E-state index contributed by atoms with van der Waals surface area (Å²) in [6, 6.07) is 24.7. The van der Waals surface area contributed by atoms with Crippen LogP contribution in [0.4, 0.5) is 17.1 Å². The number of hydrogen-bond acceptors (Lipinski definition) is 8. The number of rotatable bonds is 22. The van der Waals surface area contributed by atoms with E-state index in [1.165, 1.54) is 57.9 Å². The van der Waals surface area contributed by atoms with Crippen LogP contribution in [0.15, 0.2) is 119 Å². The van der Waals surface area contributed by atoms with Gasteiger partial charge < -0.3 is 25.5 Å². The molecule has 13 nitrogen and oxygen atoms in total. The molecule has 0 bridgehead atoms. The van der Waals surface area contributed by atoms with Gasteiger partial charge in [0.25, 0.3) is 0 Å². The number of nitrogens with one attached hydrogen (secondary N) is 1. The van der Waals surface area contributed by atoms with Crippen LogP contribution in [0.1, 0.15) is 116 Å². The molecule has 3 aliphatic heterocycles. The van der Waals surface area contributed by atoms with Gasteiger partial charge in [-0.3, -0.25) is 33.9 Å². The summed E-state index contributed by atoms with van der Waals surface area (Å²) >= 11 is 7.33. The lowest BCUT2D eigenvalue weighted by molar-refractivity contribution is -0.438. The number of benzene rings is 3. The molecule has 14 heteroatoms. The molecule has 74 heavy (non-hydrogen) atoms. The Hall–Kier alpha value is -5.86. The van der Waals surface area contributed by atoms with Gasteiger partial charge in [-0.15, -0.1) is 0 Å². The van der Waals surface area contributed by atoms with Crippen molar-refractivity contribution in [2.75, 3.05) is 75.7 Å². The zero-order valence-electron chi connectivity index (χ0n) is 44.3. The second kappa shape index (κ2) is 25.6. The second-order valence-corrected chi connectivity index (χ2v) is 21.9. The van der Waals surface area contributed by atoms with Crippen LogP contribution in [0.5, 0.6) is 0 Å². The zero-order valence-corrected chi connectivity index (χ0v) is 45.0. The van der Waals surface area contributed by atoms with Crippen LogP contribution in [-0.4, -0.2) is 136 Å². The van der Waals surface area contributed by atoms with Crippen LogP contribution in [0.25, 0.3) is 0 Å². The Labute approximate surface area is 443 Å². The summed E-state index contributed by atoms with van der Waals surface area (Å²) in [6.45, 7) is 14.3. The minimum Gasteiger partial charge on any atom is -0.480 e. The molecule has 1 aliphatic carbocycles. The van der Waals surface area contributed by atoms with E-state index < -0.39 is 17.9 Å². The second-order valence-electron chi connectivity index (χ2n) is 21.5. The monoisotopic (exact) mass is 1030 g/mol. The number of carbonyl (C=O) groups excluding carboxylic acids is 1. The molecular weight excluding hydrogens is 952 g/mol. The van der Waals surface area contributed by atoms with Crippen molar-refractivity contribution >= 4 is 58.2 Å². The van der Waals surface area contributed by atoms with E-state index >= 15 is 0 Å². The Morgan fingerprint density at radius 3 is 2.14 bits per heavy atom. The summed E-state index contributed by atoms with van der Waals surface area (Å²) in [7, 11) is 0. The molecule has 4 N–H and O–H groups in total. The average Bonchev–Trinajstić information content (AvgIpc) is 3.73. The van der Waals surface area contributed by atoms with Gasteiger partial charge in [-0.2, -0.15) is 4.58 Å². The molecule has 0 radical (unpaired) electrons. The number of aliphatic carboxylic acids is 3. The van der Waals surface area contributed by atoms with Crippen molar-refractivity contribution in [1.82, 2.24) is 14.7 Å². The van der Waals surface area contributed by atoms with Crippen molar-refractivity contribution in [1.29, 1.82) is 0 Å². The van der Waals surface area contributed by atoms with Crippen LogP contribution in [0, 0.1) is 0 Å². The van der Waals surface area contributed by atoms with Gasteiger partial charge in [0.05, 0.1) is 25.0 Å². The highest BCUT2D eigenvalue weighted by Gasteiger charge is 2.44. The highest BCUT2D eigenvalue weighted by molar-refractivity contribution is 6.32. The van der Waals surface area contributed by atoms with E-state index in [9.17, 15) is 34.5 Å². The van der Waals surface area contributed by atoms with Gasteiger partial charge in [-0.05, 0) is 105 Å². The van der Waals surface area contributed by atoms with E-state index in [1.54, 1.807) is 14.7 Å². The largest absolute Gasteiger partial charge is 0.480 e. The molecule has 0 spiro atoms. The van der Waals surface area contributed by atoms with Crippen LogP contribution in [0.2, 0.25) is 0 Å². The van der Waals surface area contributed by atoms with Gasteiger partial charge >= 0.3 is 17.9 Å². The summed E-state index contributed by atoms with van der Waals surface area (Å²) in [6.07, 6.45) is 19.0. The first kappa shape index (κ1) is 55.9. The molecule has 1 fully saturated rings. The molecule has 1 unspecified atom stereocenters. The third-order valence-corrected chi connectivity index (χ3v) is 15.9. The lowest BCUT2D eigenvalue weighted by atomic mass is 9.81. The maximum absolute atomic E-state index is 13.2. The molecule has 3 aromatic rings. The lowest BCUT2D eigenvalue weighted by Crippen LogP contribution is -2.49. The molecule has 1 saturated heterocycles. The number of anilines is 2. The Morgan fingerprint density at radius 2 is 1.41 bits per heavy atom. The van der Waals surface area contributed by atoms with Gasteiger partial charge in [0.1, 0.15) is 6.54 Å². The zero-order chi connectivity index (χ0) is 53.0. The number of unbranched alkanes of at least 4 members (excludes halogenated alkanes) is 4. The summed E-state index contributed by atoms with van der Waals surface area (Å²) in [5.74, 6) is -3.09. The topological polar surface area (TPSA) is 157 Å². The number of carboxylic acid groups (broad SMARTS) is 3. The minimum atomic E-state index is -1.02. The Bertz CT molecular complexity index is 2670. The minimum absolute atomic E-state index is 0.0664. The number of amides is 1. The van der Waals surface area contributed by atoms with Crippen LogP contribution >= 0.6 is 11.6 Å². The molecule has 396 valence electrons. The van der Waals surface area contributed by atoms with E-state index in [0.717, 1.165) is 68.6 Å². The quantitative estimate of drug-likeness (QED) is 0.0561. The number of nitrogens with zero attached hydrogens (tertiary/aromatic N) is 5. The standard InChI is InChI=1S/C60H77ClN6O7/c1-6-7-14-32-66-50-21-12-10-19-48(50)59(2,3)52(66)30-26-44-17-16-18-45(58(44)61)27-31-53-60(4,5)49-20-11-13-22-51(49)67(53)33-15-8-9-23-54(68)62-46-28-24-43(25-29-46)38-47-39-64(41-56(71)72)35-34-63(40-55(69)70)36-37-65(47)42-57(73)74/h10-13,19-22,24-31,47H,6-9,14-18,23,32-42H2,1-5H3,(H3-,62,68,69,70,71,72,73,74)/p+1. The number of carboxylic acids is 3. The van der Waals surface area contributed by atoms with E-state index in [-0.39, 0.29) is 42.4 Å². The molecular formula is C60H78ClN6O7+. The number of para-hydroxylation sites is 2. The third-order valence-electron chi connectivity index (χ3n) is 15.4. The van der Waals surface area contributed by atoms with Crippen molar-refractivity contribution < 1.29 is 39.1 Å². The molecule has 1 amide bonds. The number of allylic oxidation sites excluding steroid dienone is 8. The fraction of sp³-hybridized carbons (Fsp3) is 0.483. The average molecular weight is 1030 g/mol. The van der Waals surface area contributed by atoms with Gasteiger partial charge in [0, 0.05) is 103 Å². The van der Waals surface area contributed by atoms with Crippen molar-refractivity contribution in [3.8, 4) is 0 Å². The van der Waals surface area contributed by atoms with Crippen molar-refractivity contribution in [3.63, 3.8) is 0 Å². The van der Waals surface area contributed by atoms with E-state index in [1.807, 2.05) is 24.3 Å². The third kappa shape index (κ3) is 14.1.